The third-order valence-corrected chi connectivity index (χ3v) is 3.17. The third-order valence-electron chi connectivity index (χ3n) is 3.17. The highest BCUT2D eigenvalue weighted by Crippen LogP contribution is 2.06. The lowest BCUT2D eigenvalue weighted by molar-refractivity contribution is -0.121. The van der Waals surface area contributed by atoms with Gasteiger partial charge in [-0.1, -0.05) is 12.8 Å². The van der Waals surface area contributed by atoms with Crippen molar-refractivity contribution in [3.05, 3.63) is 0 Å². The molecular weight excluding hydrogens is 310 g/mol. The van der Waals surface area contributed by atoms with Crippen LogP contribution in [0.4, 0.5) is 4.79 Å². The molecule has 0 fully saturated rings. The fourth-order valence-electron chi connectivity index (χ4n) is 2.01. The number of hydrogen-bond acceptors (Lipinski definition) is 4. The minimum atomic E-state index is -0.484. The molecule has 140 valence electrons. The number of alkyl carbamates (subject to hydrolysis) is 1. The van der Waals surface area contributed by atoms with E-state index in [4.69, 9.17) is 10.5 Å². The monoisotopic (exact) mass is 343 g/mol. The van der Waals surface area contributed by atoms with E-state index < -0.39 is 11.7 Å². The molecule has 0 saturated carbocycles. The molecule has 0 rings (SSSR count). The van der Waals surface area contributed by atoms with Crippen LogP contribution in [0.2, 0.25) is 0 Å². The number of amides is 3. The van der Waals surface area contributed by atoms with Crippen molar-refractivity contribution >= 4 is 17.9 Å². The SMILES string of the molecule is CC(C)(C)OC(=O)NCCCCCC(=O)NCCCCCC(N)=O. The van der Waals surface area contributed by atoms with Gasteiger partial charge < -0.3 is 21.1 Å². The van der Waals surface area contributed by atoms with Crippen LogP contribution in [0.5, 0.6) is 0 Å². The van der Waals surface area contributed by atoms with Gasteiger partial charge in [-0.05, 0) is 46.5 Å². The molecule has 0 heterocycles. The van der Waals surface area contributed by atoms with Gasteiger partial charge in [0.25, 0.3) is 0 Å². The molecular formula is C17H33N3O4. The third kappa shape index (κ3) is 16.6. The van der Waals surface area contributed by atoms with Gasteiger partial charge in [-0.3, -0.25) is 9.59 Å². The zero-order valence-electron chi connectivity index (χ0n) is 15.3. The van der Waals surface area contributed by atoms with Crippen molar-refractivity contribution in [3.63, 3.8) is 0 Å². The summed E-state index contributed by atoms with van der Waals surface area (Å²) < 4.78 is 5.13. The average molecular weight is 343 g/mol. The summed E-state index contributed by atoms with van der Waals surface area (Å²) >= 11 is 0. The first-order valence-corrected chi connectivity index (χ1v) is 8.72. The van der Waals surface area contributed by atoms with Gasteiger partial charge >= 0.3 is 6.09 Å². The summed E-state index contributed by atoms with van der Waals surface area (Å²) in [5, 5.41) is 5.56. The Balaban J connectivity index is 3.40. The summed E-state index contributed by atoms with van der Waals surface area (Å²) in [5.41, 5.74) is 4.57. The van der Waals surface area contributed by atoms with Crippen LogP contribution in [0, 0.1) is 0 Å². The lowest BCUT2D eigenvalue weighted by atomic mass is 10.1. The van der Waals surface area contributed by atoms with Crippen molar-refractivity contribution in [2.75, 3.05) is 13.1 Å². The van der Waals surface area contributed by atoms with E-state index >= 15 is 0 Å². The fourth-order valence-corrected chi connectivity index (χ4v) is 2.01. The molecule has 0 spiro atoms. The van der Waals surface area contributed by atoms with Crippen molar-refractivity contribution in [3.8, 4) is 0 Å². The van der Waals surface area contributed by atoms with Crippen LogP contribution < -0.4 is 16.4 Å². The summed E-state index contributed by atoms with van der Waals surface area (Å²) in [6.07, 6.45) is 5.51. The smallest absolute Gasteiger partial charge is 0.407 e. The molecule has 0 aliphatic rings. The van der Waals surface area contributed by atoms with Crippen molar-refractivity contribution < 1.29 is 19.1 Å². The first kappa shape index (κ1) is 22.2. The standard InChI is InChI=1S/C17H33N3O4/c1-17(2,3)24-16(23)20-13-9-5-7-11-15(22)19-12-8-4-6-10-14(18)21/h4-13H2,1-3H3,(H2,18,21)(H,19,22)(H,20,23). The second-order valence-corrected chi connectivity index (χ2v) is 6.87. The normalized spacial score (nSPS) is 11.0. The van der Waals surface area contributed by atoms with Crippen LogP contribution in [0.25, 0.3) is 0 Å². The number of carbonyl (C=O) groups is 3. The van der Waals surface area contributed by atoms with Crippen molar-refractivity contribution in [1.82, 2.24) is 10.6 Å². The Morgan fingerprint density at radius 3 is 1.92 bits per heavy atom. The summed E-state index contributed by atoms with van der Waals surface area (Å²) in [4.78, 5) is 33.6. The molecule has 0 saturated heterocycles. The lowest BCUT2D eigenvalue weighted by Crippen LogP contribution is -2.33. The van der Waals surface area contributed by atoms with Gasteiger partial charge in [0.15, 0.2) is 0 Å². The molecule has 0 atom stereocenters. The maximum atomic E-state index is 11.6. The summed E-state index contributed by atoms with van der Waals surface area (Å²) in [7, 11) is 0. The van der Waals surface area contributed by atoms with Crippen LogP contribution >= 0.6 is 0 Å². The van der Waals surface area contributed by atoms with E-state index in [1.54, 1.807) is 0 Å². The Morgan fingerprint density at radius 1 is 0.833 bits per heavy atom. The van der Waals surface area contributed by atoms with Crippen LogP contribution in [0.15, 0.2) is 0 Å². The number of nitrogens with two attached hydrogens (primary N) is 1. The predicted molar refractivity (Wildman–Crippen MR) is 93.4 cm³/mol. The van der Waals surface area contributed by atoms with Crippen LogP contribution in [-0.2, 0) is 14.3 Å². The van der Waals surface area contributed by atoms with Gasteiger partial charge in [-0.25, -0.2) is 4.79 Å². The van der Waals surface area contributed by atoms with Crippen molar-refractivity contribution in [2.24, 2.45) is 5.73 Å². The molecule has 0 aliphatic heterocycles. The van der Waals surface area contributed by atoms with Crippen LogP contribution in [0.1, 0.15) is 72.1 Å². The van der Waals surface area contributed by atoms with Crippen LogP contribution in [-0.4, -0.2) is 36.6 Å². The van der Waals surface area contributed by atoms with Gasteiger partial charge in [-0.15, -0.1) is 0 Å². The number of ether oxygens (including phenoxy) is 1. The Morgan fingerprint density at radius 2 is 1.38 bits per heavy atom. The second-order valence-electron chi connectivity index (χ2n) is 6.87. The first-order valence-electron chi connectivity index (χ1n) is 8.72. The van der Waals surface area contributed by atoms with E-state index in [0.29, 0.717) is 25.9 Å². The molecule has 0 aliphatic carbocycles. The van der Waals surface area contributed by atoms with E-state index in [1.165, 1.54) is 0 Å². The quantitative estimate of drug-likeness (QED) is 0.472. The van der Waals surface area contributed by atoms with Gasteiger partial charge in [0, 0.05) is 25.9 Å². The Kier molecular flexibility index (Phi) is 11.7. The molecule has 4 N–H and O–H groups in total. The number of carbonyl (C=O) groups excluding carboxylic acids is 3. The molecule has 7 heteroatoms. The zero-order chi connectivity index (χ0) is 18.4. The number of hydrogen-bond donors (Lipinski definition) is 3. The molecule has 0 bridgehead atoms. The molecule has 0 aromatic rings. The minimum Gasteiger partial charge on any atom is -0.444 e. The predicted octanol–water partition coefficient (Wildman–Crippen LogP) is 2.23. The van der Waals surface area contributed by atoms with Crippen molar-refractivity contribution in [1.29, 1.82) is 0 Å². The number of primary amides is 1. The van der Waals surface area contributed by atoms with Gasteiger partial charge in [0.2, 0.25) is 11.8 Å². The summed E-state index contributed by atoms with van der Waals surface area (Å²) in [5.74, 6) is -0.231. The first-order chi connectivity index (χ1) is 11.2. The Bertz CT molecular complexity index is 392. The number of nitrogens with one attached hydrogen (secondary N) is 2. The van der Waals surface area contributed by atoms with E-state index in [1.807, 2.05) is 20.8 Å². The van der Waals surface area contributed by atoms with E-state index in [-0.39, 0.29) is 11.8 Å². The highest BCUT2D eigenvalue weighted by atomic mass is 16.6. The van der Waals surface area contributed by atoms with E-state index in [9.17, 15) is 14.4 Å². The average Bonchev–Trinajstić information content (AvgIpc) is 2.44. The van der Waals surface area contributed by atoms with Gasteiger partial charge in [0.1, 0.15) is 5.60 Å². The topological polar surface area (TPSA) is 111 Å². The lowest BCUT2D eigenvalue weighted by Gasteiger charge is -2.19. The Hall–Kier alpha value is -1.79. The highest BCUT2D eigenvalue weighted by molar-refractivity contribution is 5.75. The minimum absolute atomic E-state index is 0.0463. The molecule has 24 heavy (non-hydrogen) atoms. The van der Waals surface area contributed by atoms with Crippen molar-refractivity contribution in [2.45, 2.75) is 77.7 Å². The summed E-state index contributed by atoms with van der Waals surface area (Å²) in [6.45, 7) is 6.66. The van der Waals surface area contributed by atoms with Crippen LogP contribution in [0.3, 0.4) is 0 Å². The maximum Gasteiger partial charge on any atom is 0.407 e. The number of unbranched alkanes of at least 4 members (excludes halogenated alkanes) is 4. The maximum absolute atomic E-state index is 11.6. The second kappa shape index (κ2) is 12.6. The molecule has 0 radical (unpaired) electrons. The molecule has 0 aromatic heterocycles. The molecule has 3 amide bonds. The molecule has 0 aromatic carbocycles. The largest absolute Gasteiger partial charge is 0.444 e. The Labute approximate surface area is 145 Å². The highest BCUT2D eigenvalue weighted by Gasteiger charge is 2.15. The summed E-state index contributed by atoms with van der Waals surface area (Å²) in [6, 6.07) is 0. The van der Waals surface area contributed by atoms with Gasteiger partial charge in [-0.2, -0.15) is 0 Å². The van der Waals surface area contributed by atoms with Gasteiger partial charge in [0.05, 0.1) is 0 Å². The molecule has 0 unspecified atom stereocenters. The van der Waals surface area contributed by atoms with E-state index in [2.05, 4.69) is 10.6 Å². The van der Waals surface area contributed by atoms with E-state index in [0.717, 1.165) is 38.5 Å². The zero-order valence-corrected chi connectivity index (χ0v) is 15.3. The number of rotatable bonds is 12. The fraction of sp³-hybridized carbons (Fsp3) is 0.824. The molecule has 7 nitrogen and oxygen atoms in total.